The Labute approximate surface area is 164 Å². The number of ether oxygens (including phenoxy) is 1. The standard InChI is InChI=1S/C18H20N4O3S2/c1-9-6-11(15(24)25-5)12-13(19-9)21-17(22-14(12)23)27-8-10-7-26-16(20-10)18(2,3)4/h6-7H,8H2,1-5H3,(H,19,21,22,23). The van der Waals surface area contributed by atoms with Crippen molar-refractivity contribution in [1.82, 2.24) is 19.9 Å². The summed E-state index contributed by atoms with van der Waals surface area (Å²) in [4.78, 5) is 40.6. The second-order valence-corrected chi connectivity index (χ2v) is 8.88. The molecule has 3 aromatic rings. The predicted octanol–water partition coefficient (Wildman–Crippen LogP) is 3.46. The van der Waals surface area contributed by atoms with Gasteiger partial charge in [0.15, 0.2) is 10.8 Å². The van der Waals surface area contributed by atoms with Crippen LogP contribution in [0.25, 0.3) is 11.0 Å². The first-order valence-corrected chi connectivity index (χ1v) is 10.1. The van der Waals surface area contributed by atoms with E-state index in [0.717, 1.165) is 10.7 Å². The van der Waals surface area contributed by atoms with E-state index in [1.165, 1.54) is 24.9 Å². The van der Waals surface area contributed by atoms with Gasteiger partial charge in [-0.1, -0.05) is 32.5 Å². The molecule has 0 bridgehead atoms. The van der Waals surface area contributed by atoms with Crippen molar-refractivity contribution in [3.8, 4) is 0 Å². The number of pyridine rings is 1. The second kappa shape index (κ2) is 7.40. The van der Waals surface area contributed by atoms with Crippen molar-refractivity contribution in [3.63, 3.8) is 0 Å². The zero-order valence-electron chi connectivity index (χ0n) is 15.7. The number of aryl methyl sites for hydroxylation is 1. The summed E-state index contributed by atoms with van der Waals surface area (Å²) >= 11 is 3.00. The van der Waals surface area contributed by atoms with E-state index in [1.54, 1.807) is 18.3 Å². The molecule has 0 aromatic carbocycles. The zero-order chi connectivity index (χ0) is 19.8. The maximum atomic E-state index is 12.5. The molecule has 0 aliphatic carbocycles. The number of H-pyrrole nitrogens is 1. The number of methoxy groups -OCH3 is 1. The lowest BCUT2D eigenvalue weighted by Gasteiger charge is -2.13. The van der Waals surface area contributed by atoms with E-state index in [0.29, 0.717) is 16.6 Å². The lowest BCUT2D eigenvalue weighted by Crippen LogP contribution is -2.16. The Balaban J connectivity index is 1.91. The van der Waals surface area contributed by atoms with Gasteiger partial charge in [0.2, 0.25) is 0 Å². The highest BCUT2D eigenvalue weighted by Crippen LogP contribution is 2.28. The zero-order valence-corrected chi connectivity index (χ0v) is 17.4. The fraction of sp³-hybridized carbons (Fsp3) is 0.389. The minimum atomic E-state index is -0.588. The molecule has 7 nitrogen and oxygen atoms in total. The van der Waals surface area contributed by atoms with Crippen molar-refractivity contribution < 1.29 is 9.53 Å². The lowest BCUT2D eigenvalue weighted by molar-refractivity contribution is 0.0602. The van der Waals surface area contributed by atoms with Gasteiger partial charge in [0.25, 0.3) is 5.56 Å². The van der Waals surface area contributed by atoms with Crippen LogP contribution in [0.5, 0.6) is 0 Å². The highest BCUT2D eigenvalue weighted by molar-refractivity contribution is 7.98. The van der Waals surface area contributed by atoms with Crippen molar-refractivity contribution >= 4 is 40.1 Å². The van der Waals surface area contributed by atoms with E-state index < -0.39 is 11.5 Å². The highest BCUT2D eigenvalue weighted by Gasteiger charge is 2.19. The number of aromatic amines is 1. The third-order valence-electron chi connectivity index (χ3n) is 3.74. The van der Waals surface area contributed by atoms with E-state index in [1.807, 2.05) is 5.38 Å². The van der Waals surface area contributed by atoms with Gasteiger partial charge < -0.3 is 9.72 Å². The maximum Gasteiger partial charge on any atom is 0.338 e. The second-order valence-electron chi connectivity index (χ2n) is 7.06. The summed E-state index contributed by atoms with van der Waals surface area (Å²) < 4.78 is 4.76. The summed E-state index contributed by atoms with van der Waals surface area (Å²) in [5, 5.41) is 3.66. The van der Waals surface area contributed by atoms with Crippen molar-refractivity contribution in [1.29, 1.82) is 0 Å². The Kier molecular flexibility index (Phi) is 5.34. The largest absolute Gasteiger partial charge is 0.465 e. The molecule has 0 radical (unpaired) electrons. The number of hydrogen-bond donors (Lipinski definition) is 1. The van der Waals surface area contributed by atoms with E-state index in [4.69, 9.17) is 4.74 Å². The quantitative estimate of drug-likeness (QED) is 0.404. The molecule has 0 fully saturated rings. The van der Waals surface area contributed by atoms with Crippen LogP contribution in [0.1, 0.15) is 47.5 Å². The van der Waals surface area contributed by atoms with Crippen LogP contribution >= 0.6 is 23.1 Å². The van der Waals surface area contributed by atoms with Crippen LogP contribution in [0.4, 0.5) is 0 Å². The number of carbonyl (C=O) groups is 1. The Hall–Kier alpha value is -2.26. The minimum absolute atomic E-state index is 0.00876. The summed E-state index contributed by atoms with van der Waals surface area (Å²) in [7, 11) is 1.27. The molecule has 3 aromatic heterocycles. The average molecular weight is 405 g/mol. The molecule has 0 saturated carbocycles. The van der Waals surface area contributed by atoms with E-state index in [2.05, 4.69) is 40.7 Å². The molecule has 3 rings (SSSR count). The smallest absolute Gasteiger partial charge is 0.338 e. The first kappa shape index (κ1) is 19.5. The van der Waals surface area contributed by atoms with Crippen LogP contribution in [0.3, 0.4) is 0 Å². The number of nitrogens with one attached hydrogen (secondary N) is 1. The molecular weight excluding hydrogens is 384 g/mol. The number of aromatic nitrogens is 4. The lowest BCUT2D eigenvalue weighted by atomic mass is 9.98. The molecule has 0 aliphatic rings. The van der Waals surface area contributed by atoms with Crippen LogP contribution in [-0.4, -0.2) is 33.0 Å². The number of hydrogen-bond acceptors (Lipinski definition) is 8. The van der Waals surface area contributed by atoms with Gasteiger partial charge in [-0.25, -0.2) is 19.7 Å². The molecule has 142 valence electrons. The monoisotopic (exact) mass is 404 g/mol. The van der Waals surface area contributed by atoms with E-state index in [9.17, 15) is 9.59 Å². The number of thiazole rings is 1. The van der Waals surface area contributed by atoms with Gasteiger partial charge in [0.1, 0.15) is 0 Å². The van der Waals surface area contributed by atoms with Gasteiger partial charge in [0, 0.05) is 22.2 Å². The van der Waals surface area contributed by atoms with Gasteiger partial charge in [-0.2, -0.15) is 0 Å². The molecule has 0 amide bonds. The fourth-order valence-corrected chi connectivity index (χ4v) is 4.21. The van der Waals surface area contributed by atoms with Gasteiger partial charge in [-0.15, -0.1) is 11.3 Å². The van der Waals surface area contributed by atoms with Crippen LogP contribution < -0.4 is 5.56 Å². The molecule has 1 N–H and O–H groups in total. The molecule has 3 heterocycles. The summed E-state index contributed by atoms with van der Waals surface area (Å²) in [6.07, 6.45) is 0. The molecule has 27 heavy (non-hydrogen) atoms. The molecule has 0 unspecified atom stereocenters. The van der Waals surface area contributed by atoms with Crippen LogP contribution in [0, 0.1) is 6.92 Å². The van der Waals surface area contributed by atoms with Crippen molar-refractivity contribution in [2.24, 2.45) is 0 Å². The average Bonchev–Trinajstić information content (AvgIpc) is 3.07. The number of carbonyl (C=O) groups excluding carboxylic acids is 1. The number of rotatable bonds is 4. The fourth-order valence-electron chi connectivity index (χ4n) is 2.44. The number of fused-ring (bicyclic) bond motifs is 1. The number of nitrogens with zero attached hydrogens (tertiary/aromatic N) is 3. The maximum absolute atomic E-state index is 12.5. The predicted molar refractivity (Wildman–Crippen MR) is 107 cm³/mol. The van der Waals surface area contributed by atoms with E-state index in [-0.39, 0.29) is 22.0 Å². The first-order valence-electron chi connectivity index (χ1n) is 8.26. The van der Waals surface area contributed by atoms with Crippen LogP contribution in [-0.2, 0) is 15.9 Å². The SMILES string of the molecule is COC(=O)c1cc(C)nc2nc(SCc3csc(C(C)(C)C)n3)[nH]c(=O)c12. The van der Waals surface area contributed by atoms with Gasteiger partial charge >= 0.3 is 5.97 Å². The third kappa shape index (κ3) is 4.19. The third-order valence-corrected chi connectivity index (χ3v) is 5.96. The van der Waals surface area contributed by atoms with Gasteiger partial charge in [0.05, 0.1) is 28.8 Å². The molecule has 9 heteroatoms. The van der Waals surface area contributed by atoms with Crippen LogP contribution in [0.15, 0.2) is 21.4 Å². The molecular formula is C18H20N4O3S2. The summed E-state index contributed by atoms with van der Waals surface area (Å²) in [6.45, 7) is 8.11. The van der Waals surface area contributed by atoms with E-state index >= 15 is 0 Å². The number of esters is 1. The summed E-state index contributed by atoms with van der Waals surface area (Å²) in [5.74, 6) is -0.00754. The molecule has 0 atom stereocenters. The van der Waals surface area contributed by atoms with Crippen molar-refractivity contribution in [3.05, 3.63) is 43.8 Å². The first-order chi connectivity index (χ1) is 12.7. The topological polar surface area (TPSA) is 97.8 Å². The normalized spacial score (nSPS) is 11.7. The summed E-state index contributed by atoms with van der Waals surface area (Å²) in [5.41, 5.74) is 1.52. The Morgan fingerprint density at radius 1 is 1.30 bits per heavy atom. The molecule has 0 aliphatic heterocycles. The summed E-state index contributed by atoms with van der Waals surface area (Å²) in [6, 6.07) is 1.53. The number of thioether (sulfide) groups is 1. The Morgan fingerprint density at radius 2 is 2.04 bits per heavy atom. The van der Waals surface area contributed by atoms with Gasteiger partial charge in [-0.3, -0.25) is 4.79 Å². The highest BCUT2D eigenvalue weighted by atomic mass is 32.2. The van der Waals surface area contributed by atoms with Crippen LogP contribution in [0.2, 0.25) is 0 Å². The minimum Gasteiger partial charge on any atom is -0.465 e. The molecule has 0 saturated heterocycles. The molecule has 0 spiro atoms. The van der Waals surface area contributed by atoms with Crippen molar-refractivity contribution in [2.75, 3.05) is 7.11 Å². The Morgan fingerprint density at radius 3 is 2.67 bits per heavy atom. The van der Waals surface area contributed by atoms with Crippen molar-refractivity contribution in [2.45, 2.75) is 44.0 Å². The Bertz CT molecular complexity index is 1070. The van der Waals surface area contributed by atoms with Gasteiger partial charge in [-0.05, 0) is 13.0 Å².